The van der Waals surface area contributed by atoms with Gasteiger partial charge in [0, 0.05) is 55.1 Å². The maximum Gasteiger partial charge on any atom is 0.324 e. The van der Waals surface area contributed by atoms with Gasteiger partial charge >= 0.3 is 6.03 Å². The van der Waals surface area contributed by atoms with E-state index in [9.17, 15) is 4.79 Å². The van der Waals surface area contributed by atoms with E-state index in [1.54, 1.807) is 17.4 Å². The predicted octanol–water partition coefficient (Wildman–Crippen LogP) is 7.14. The molecule has 5 aromatic rings. The van der Waals surface area contributed by atoms with Crippen LogP contribution in [0.25, 0.3) is 26.4 Å². The van der Waals surface area contributed by atoms with Gasteiger partial charge in [-0.15, -0.1) is 12.4 Å². The normalized spacial score (nSPS) is 14.7. The Balaban J connectivity index is 0.00000368. The van der Waals surface area contributed by atoms with Crippen molar-refractivity contribution >= 4 is 56.5 Å². The molecule has 4 heterocycles. The Bertz CT molecular complexity index is 1680. The van der Waals surface area contributed by atoms with Gasteiger partial charge in [0.2, 0.25) is 0 Å². The minimum atomic E-state index is -0.375. The molecule has 1 aliphatic heterocycles. The van der Waals surface area contributed by atoms with Crippen LogP contribution in [-0.4, -0.2) is 69.6 Å². The van der Waals surface area contributed by atoms with Crippen molar-refractivity contribution in [1.82, 2.24) is 24.3 Å². The number of aromatic nitrogens is 3. The number of aryl methyl sites for hydroxylation is 1. The first-order valence-electron chi connectivity index (χ1n) is 14.8. The summed E-state index contributed by atoms with van der Waals surface area (Å²) >= 11 is 1.73. The highest BCUT2D eigenvalue weighted by molar-refractivity contribution is 7.23. The third kappa shape index (κ3) is 7.21. The van der Waals surface area contributed by atoms with Crippen molar-refractivity contribution < 1.29 is 9.32 Å². The number of fused-ring (bicyclic) bond motifs is 3. The first-order valence-corrected chi connectivity index (χ1v) is 15.6. The van der Waals surface area contributed by atoms with Crippen LogP contribution in [0.5, 0.6) is 0 Å². The molecule has 0 aliphatic carbocycles. The molecule has 0 unspecified atom stereocenters. The maximum atomic E-state index is 12.5. The number of benzene rings is 2. The molecular formula is C32H40ClN7O2S. The lowest BCUT2D eigenvalue weighted by Gasteiger charge is -2.33. The molecule has 43 heavy (non-hydrogen) atoms. The molecule has 11 heteroatoms. The third-order valence-corrected chi connectivity index (χ3v) is 8.96. The molecule has 0 radical (unpaired) electrons. The number of thiazole rings is 1. The van der Waals surface area contributed by atoms with E-state index in [0.717, 1.165) is 29.2 Å². The van der Waals surface area contributed by atoms with Gasteiger partial charge in [-0.1, -0.05) is 62.4 Å². The predicted molar refractivity (Wildman–Crippen MR) is 178 cm³/mol. The van der Waals surface area contributed by atoms with E-state index in [2.05, 4.69) is 61.3 Å². The van der Waals surface area contributed by atoms with Gasteiger partial charge in [0.25, 0.3) is 0 Å². The number of piperazine rings is 1. The molecule has 2 aromatic carbocycles. The fourth-order valence-electron chi connectivity index (χ4n) is 5.37. The number of carbonyl (C=O) groups excluding carboxylic acids is 1. The molecule has 1 aliphatic rings. The number of halogens is 1. The van der Waals surface area contributed by atoms with Crippen LogP contribution in [0.2, 0.25) is 0 Å². The summed E-state index contributed by atoms with van der Waals surface area (Å²) in [5.74, 6) is 1.09. The molecule has 3 aromatic heterocycles. The zero-order chi connectivity index (χ0) is 29.3. The summed E-state index contributed by atoms with van der Waals surface area (Å²) in [5, 5.41) is 9.50. The Morgan fingerprint density at radius 2 is 1.74 bits per heavy atom. The van der Waals surface area contributed by atoms with E-state index in [1.165, 1.54) is 54.9 Å². The molecule has 0 spiro atoms. The lowest BCUT2D eigenvalue weighted by atomic mass is 9.93. The van der Waals surface area contributed by atoms with Crippen molar-refractivity contribution in [3.8, 4) is 11.3 Å². The Hall–Kier alpha value is -3.44. The van der Waals surface area contributed by atoms with Gasteiger partial charge in [-0.25, -0.2) is 9.78 Å². The average Bonchev–Trinajstić information content (AvgIpc) is 3.69. The second-order valence-electron chi connectivity index (χ2n) is 12.0. The van der Waals surface area contributed by atoms with E-state index in [4.69, 9.17) is 9.51 Å². The SMILES string of the molecule is CCN1CCN(CCCc2ccc3c(c2)sc2nc(-c4ccc(NC(=O)Nc5cc(C(C)(C)C)on5)cc4)cn23)CC1.Cl. The Morgan fingerprint density at radius 1 is 1.00 bits per heavy atom. The van der Waals surface area contributed by atoms with Gasteiger partial charge in [-0.3, -0.25) is 9.72 Å². The highest BCUT2D eigenvalue weighted by atomic mass is 35.5. The van der Waals surface area contributed by atoms with Crippen LogP contribution in [-0.2, 0) is 11.8 Å². The number of anilines is 2. The zero-order valence-electron chi connectivity index (χ0n) is 25.2. The van der Waals surface area contributed by atoms with Gasteiger partial charge in [0.1, 0.15) is 5.76 Å². The standard InChI is InChI=1S/C32H39N7O2S.ClH/c1-5-37-15-17-38(18-16-37)14-6-7-22-8-13-26-27(19-22)42-31-34-25(21-39(26)31)23-9-11-24(12-10-23)33-30(40)35-29-20-28(41-36-29)32(2,3)4;/h8-13,19-21H,5-7,14-18H2,1-4H3,(H2,33,35,36,40);1H. The molecule has 1 fully saturated rings. The van der Waals surface area contributed by atoms with Crippen molar-refractivity contribution in [3.05, 3.63) is 66.1 Å². The van der Waals surface area contributed by atoms with Crippen LogP contribution >= 0.6 is 23.7 Å². The molecule has 9 nitrogen and oxygen atoms in total. The lowest BCUT2D eigenvalue weighted by Crippen LogP contribution is -2.46. The number of urea groups is 1. The highest BCUT2D eigenvalue weighted by Crippen LogP contribution is 2.31. The fraction of sp³-hybridized carbons (Fsp3) is 0.406. The number of likely N-dealkylation sites (N-methyl/N-ethyl adjacent to an activating group) is 1. The molecule has 2 N–H and O–H groups in total. The quantitative estimate of drug-likeness (QED) is 0.191. The van der Waals surface area contributed by atoms with Gasteiger partial charge in [0.15, 0.2) is 10.8 Å². The third-order valence-electron chi connectivity index (χ3n) is 7.94. The van der Waals surface area contributed by atoms with Crippen molar-refractivity contribution in [2.45, 2.75) is 46.0 Å². The number of nitrogens with zero attached hydrogens (tertiary/aromatic N) is 5. The number of carbonyl (C=O) groups is 1. The Labute approximate surface area is 262 Å². The largest absolute Gasteiger partial charge is 0.359 e. The summed E-state index contributed by atoms with van der Waals surface area (Å²) in [6, 6.07) is 15.9. The molecule has 0 bridgehead atoms. The van der Waals surface area contributed by atoms with Crippen molar-refractivity contribution in [2.75, 3.05) is 49.9 Å². The number of nitrogens with one attached hydrogen (secondary N) is 2. The van der Waals surface area contributed by atoms with Gasteiger partial charge in [-0.05, 0) is 55.8 Å². The van der Waals surface area contributed by atoms with Crippen LogP contribution in [0.4, 0.5) is 16.3 Å². The second-order valence-corrected chi connectivity index (χ2v) is 13.1. The van der Waals surface area contributed by atoms with Crippen LogP contribution in [0, 0.1) is 0 Å². The zero-order valence-corrected chi connectivity index (χ0v) is 26.9. The van der Waals surface area contributed by atoms with E-state index in [1.807, 2.05) is 45.0 Å². The highest BCUT2D eigenvalue weighted by Gasteiger charge is 2.20. The first kappa shape index (κ1) is 31.0. The Kier molecular flexibility index (Phi) is 9.41. The van der Waals surface area contributed by atoms with Crippen LogP contribution in [0.3, 0.4) is 0 Å². The minimum absolute atomic E-state index is 0. The molecule has 1 saturated heterocycles. The van der Waals surface area contributed by atoms with Gasteiger partial charge in [-0.2, -0.15) is 0 Å². The summed E-state index contributed by atoms with van der Waals surface area (Å²) in [7, 11) is 0. The number of imidazole rings is 1. The molecule has 0 saturated carbocycles. The minimum Gasteiger partial charge on any atom is -0.359 e. The summed E-state index contributed by atoms with van der Waals surface area (Å²) < 4.78 is 8.78. The van der Waals surface area contributed by atoms with Crippen LogP contribution in [0.1, 0.15) is 45.4 Å². The van der Waals surface area contributed by atoms with Crippen molar-refractivity contribution in [2.24, 2.45) is 0 Å². The summed E-state index contributed by atoms with van der Waals surface area (Å²) in [6.07, 6.45) is 4.38. The first-order chi connectivity index (χ1) is 20.2. The smallest absolute Gasteiger partial charge is 0.324 e. The number of hydrogen-bond donors (Lipinski definition) is 2. The van der Waals surface area contributed by atoms with E-state index in [-0.39, 0.29) is 23.9 Å². The number of rotatable bonds is 8. The van der Waals surface area contributed by atoms with Crippen molar-refractivity contribution in [3.63, 3.8) is 0 Å². The summed E-state index contributed by atoms with van der Waals surface area (Å²) in [5.41, 5.74) is 4.98. The molecule has 228 valence electrons. The molecule has 6 rings (SSSR count). The van der Waals surface area contributed by atoms with E-state index >= 15 is 0 Å². The molecule has 0 atom stereocenters. The van der Waals surface area contributed by atoms with Crippen molar-refractivity contribution in [1.29, 1.82) is 0 Å². The van der Waals surface area contributed by atoms with Crippen LogP contribution in [0.15, 0.2) is 59.3 Å². The van der Waals surface area contributed by atoms with Gasteiger partial charge in [0.05, 0.1) is 15.9 Å². The van der Waals surface area contributed by atoms with Gasteiger partial charge < -0.3 is 19.6 Å². The second kappa shape index (κ2) is 13.1. The average molecular weight is 622 g/mol. The van der Waals surface area contributed by atoms with E-state index < -0.39 is 0 Å². The fourth-order valence-corrected chi connectivity index (χ4v) is 6.44. The molecular weight excluding hydrogens is 582 g/mol. The summed E-state index contributed by atoms with van der Waals surface area (Å²) in [6.45, 7) is 15.4. The van der Waals surface area contributed by atoms with E-state index in [0.29, 0.717) is 17.3 Å². The monoisotopic (exact) mass is 621 g/mol. The summed E-state index contributed by atoms with van der Waals surface area (Å²) in [4.78, 5) is 23.5. The van der Waals surface area contributed by atoms with Crippen LogP contribution < -0.4 is 10.6 Å². The number of hydrogen-bond acceptors (Lipinski definition) is 7. The number of amides is 2. The lowest BCUT2D eigenvalue weighted by molar-refractivity contribution is 0.136. The molecule has 2 amide bonds. The Morgan fingerprint density at radius 3 is 2.44 bits per heavy atom. The maximum absolute atomic E-state index is 12.5. The topological polar surface area (TPSA) is 90.9 Å².